The molecule has 0 bridgehead atoms. The van der Waals surface area contributed by atoms with E-state index in [0.717, 1.165) is 19.3 Å². The van der Waals surface area contributed by atoms with Gasteiger partial charge in [0.25, 0.3) is 0 Å². The van der Waals surface area contributed by atoms with Crippen LogP contribution >= 0.6 is 0 Å². The summed E-state index contributed by atoms with van der Waals surface area (Å²) < 4.78 is 40.3. The predicted molar refractivity (Wildman–Crippen MR) is 77.3 cm³/mol. The first-order chi connectivity index (χ1) is 9.36. The summed E-state index contributed by atoms with van der Waals surface area (Å²) in [5.41, 5.74) is 6.56. The molecule has 1 fully saturated rings. The van der Waals surface area contributed by atoms with Gasteiger partial charge in [0.2, 0.25) is 10.0 Å². The molecule has 20 heavy (non-hydrogen) atoms. The molecule has 1 saturated heterocycles. The maximum Gasteiger partial charge on any atom is 0.246 e. The number of halogens is 1. The second kappa shape index (κ2) is 5.69. The average Bonchev–Trinajstić information content (AvgIpc) is 2.42. The third-order valence-corrected chi connectivity index (χ3v) is 6.00. The van der Waals surface area contributed by atoms with Crippen LogP contribution in [0.4, 0.5) is 10.1 Å². The van der Waals surface area contributed by atoms with Crippen LogP contribution in [0, 0.1) is 18.7 Å². The Hall–Kier alpha value is -1.14. The molecule has 1 aliphatic rings. The summed E-state index contributed by atoms with van der Waals surface area (Å²) in [7, 11) is -3.79. The van der Waals surface area contributed by atoms with E-state index in [4.69, 9.17) is 5.73 Å². The highest BCUT2D eigenvalue weighted by Gasteiger charge is 2.31. The van der Waals surface area contributed by atoms with Crippen LogP contribution in [0.2, 0.25) is 0 Å². The van der Waals surface area contributed by atoms with E-state index in [1.807, 2.05) is 0 Å². The molecule has 2 rings (SSSR count). The van der Waals surface area contributed by atoms with E-state index in [-0.39, 0.29) is 4.90 Å². The number of anilines is 1. The average molecular weight is 300 g/mol. The second-order valence-corrected chi connectivity index (χ2v) is 7.30. The first-order valence-electron chi connectivity index (χ1n) is 6.92. The van der Waals surface area contributed by atoms with Crippen LogP contribution in [0.15, 0.2) is 17.0 Å². The third-order valence-electron chi connectivity index (χ3n) is 4.09. The Morgan fingerprint density at radius 2 is 1.95 bits per heavy atom. The largest absolute Gasteiger partial charge is 0.398 e. The molecule has 0 spiro atoms. The Morgan fingerprint density at radius 3 is 2.50 bits per heavy atom. The smallest absolute Gasteiger partial charge is 0.246 e. The number of nitrogen functional groups attached to an aromatic ring is 1. The summed E-state index contributed by atoms with van der Waals surface area (Å²) in [5.74, 6) is -0.163. The first-order valence-corrected chi connectivity index (χ1v) is 8.36. The van der Waals surface area contributed by atoms with Gasteiger partial charge in [-0.1, -0.05) is 13.3 Å². The van der Waals surface area contributed by atoms with Gasteiger partial charge >= 0.3 is 0 Å². The van der Waals surface area contributed by atoms with E-state index >= 15 is 0 Å². The molecule has 112 valence electrons. The van der Waals surface area contributed by atoms with E-state index in [9.17, 15) is 12.8 Å². The lowest BCUT2D eigenvalue weighted by molar-refractivity contribution is 0.268. The molecule has 0 saturated carbocycles. The number of rotatable bonds is 3. The Kier molecular flexibility index (Phi) is 4.34. The van der Waals surface area contributed by atoms with Crippen LogP contribution in [0.5, 0.6) is 0 Å². The van der Waals surface area contributed by atoms with Crippen molar-refractivity contribution in [1.82, 2.24) is 4.31 Å². The molecular formula is C14H21FN2O2S. The van der Waals surface area contributed by atoms with Crippen molar-refractivity contribution in [3.63, 3.8) is 0 Å². The molecular weight excluding hydrogens is 279 g/mol. The first kappa shape index (κ1) is 15.3. The van der Waals surface area contributed by atoms with Crippen molar-refractivity contribution < 1.29 is 12.8 Å². The standard InChI is InChI=1S/C14H21FN2O2S/c1-3-11-4-6-17(7-5-11)20(18,19)14-9-13(16)10(2)8-12(14)15/h8-9,11H,3-7,16H2,1-2H3. The van der Waals surface area contributed by atoms with Crippen molar-refractivity contribution in [2.75, 3.05) is 18.8 Å². The molecule has 0 aromatic heterocycles. The number of piperidine rings is 1. The fourth-order valence-electron chi connectivity index (χ4n) is 2.56. The highest BCUT2D eigenvalue weighted by molar-refractivity contribution is 7.89. The van der Waals surface area contributed by atoms with E-state index in [1.165, 1.54) is 16.4 Å². The Balaban J connectivity index is 2.30. The summed E-state index contributed by atoms with van der Waals surface area (Å²) in [4.78, 5) is -0.310. The molecule has 1 aromatic carbocycles. The number of hydrogen-bond acceptors (Lipinski definition) is 3. The summed E-state index contributed by atoms with van der Waals surface area (Å²) in [6, 6.07) is 2.41. The molecule has 0 aliphatic carbocycles. The summed E-state index contributed by atoms with van der Waals surface area (Å²) in [6.07, 6.45) is 2.72. The van der Waals surface area contributed by atoms with Crippen molar-refractivity contribution in [2.24, 2.45) is 5.92 Å². The van der Waals surface area contributed by atoms with Gasteiger partial charge in [0.1, 0.15) is 10.7 Å². The topological polar surface area (TPSA) is 63.4 Å². The Labute approximate surface area is 119 Å². The third kappa shape index (κ3) is 2.81. The van der Waals surface area contributed by atoms with Gasteiger partial charge in [-0.3, -0.25) is 0 Å². The molecule has 4 nitrogen and oxygen atoms in total. The lowest BCUT2D eigenvalue weighted by Crippen LogP contribution is -2.38. The number of nitrogens with zero attached hydrogens (tertiary/aromatic N) is 1. The van der Waals surface area contributed by atoms with E-state index < -0.39 is 15.8 Å². The fraction of sp³-hybridized carbons (Fsp3) is 0.571. The molecule has 6 heteroatoms. The van der Waals surface area contributed by atoms with Crippen LogP contribution in [0.1, 0.15) is 31.7 Å². The molecule has 1 aromatic rings. The summed E-state index contributed by atoms with van der Waals surface area (Å²) >= 11 is 0. The van der Waals surface area contributed by atoms with Gasteiger partial charge < -0.3 is 5.73 Å². The number of nitrogens with two attached hydrogens (primary N) is 1. The zero-order chi connectivity index (χ0) is 14.9. The van der Waals surface area contributed by atoms with E-state index in [0.29, 0.717) is 30.3 Å². The van der Waals surface area contributed by atoms with Gasteiger partial charge in [-0.2, -0.15) is 4.31 Å². The number of benzene rings is 1. The molecule has 0 radical (unpaired) electrons. The van der Waals surface area contributed by atoms with Crippen molar-refractivity contribution in [1.29, 1.82) is 0 Å². The number of sulfonamides is 1. The number of hydrogen-bond donors (Lipinski definition) is 1. The number of aryl methyl sites for hydroxylation is 1. The maximum absolute atomic E-state index is 14.0. The SMILES string of the molecule is CCC1CCN(S(=O)(=O)c2cc(N)c(C)cc2F)CC1. The van der Waals surface area contributed by atoms with Crippen molar-refractivity contribution in [3.8, 4) is 0 Å². The van der Waals surface area contributed by atoms with Gasteiger partial charge in [-0.05, 0) is 43.4 Å². The van der Waals surface area contributed by atoms with Crippen molar-refractivity contribution in [2.45, 2.75) is 38.0 Å². The lowest BCUT2D eigenvalue weighted by atomic mass is 9.96. The molecule has 1 heterocycles. The summed E-state index contributed by atoms with van der Waals surface area (Å²) in [6.45, 7) is 4.67. The van der Waals surface area contributed by atoms with Crippen molar-refractivity contribution >= 4 is 15.7 Å². The molecule has 0 amide bonds. The molecule has 0 unspecified atom stereocenters. The molecule has 1 aliphatic heterocycles. The van der Waals surface area contributed by atoms with Crippen LogP contribution in [0.3, 0.4) is 0 Å². The van der Waals surface area contributed by atoms with Crippen LogP contribution in [-0.2, 0) is 10.0 Å². The van der Waals surface area contributed by atoms with Gasteiger partial charge in [0.05, 0.1) is 0 Å². The zero-order valence-electron chi connectivity index (χ0n) is 11.9. The van der Waals surface area contributed by atoms with Crippen LogP contribution in [0.25, 0.3) is 0 Å². The quantitative estimate of drug-likeness (QED) is 0.872. The monoisotopic (exact) mass is 300 g/mol. The van der Waals surface area contributed by atoms with Gasteiger partial charge in [0, 0.05) is 18.8 Å². The molecule has 0 atom stereocenters. The lowest BCUT2D eigenvalue weighted by Gasteiger charge is -2.30. The highest BCUT2D eigenvalue weighted by atomic mass is 32.2. The minimum Gasteiger partial charge on any atom is -0.398 e. The van der Waals surface area contributed by atoms with Gasteiger partial charge in [0.15, 0.2) is 0 Å². The van der Waals surface area contributed by atoms with Gasteiger partial charge in [-0.15, -0.1) is 0 Å². The predicted octanol–water partition coefficient (Wildman–Crippen LogP) is 2.53. The van der Waals surface area contributed by atoms with E-state index in [1.54, 1.807) is 6.92 Å². The minimum atomic E-state index is -3.79. The second-order valence-electron chi connectivity index (χ2n) is 5.39. The maximum atomic E-state index is 14.0. The highest BCUT2D eigenvalue weighted by Crippen LogP contribution is 2.28. The fourth-order valence-corrected chi connectivity index (χ4v) is 4.11. The van der Waals surface area contributed by atoms with Crippen LogP contribution in [-0.4, -0.2) is 25.8 Å². The Bertz CT molecular complexity index is 593. The Morgan fingerprint density at radius 1 is 1.35 bits per heavy atom. The van der Waals surface area contributed by atoms with Crippen molar-refractivity contribution in [3.05, 3.63) is 23.5 Å². The zero-order valence-corrected chi connectivity index (χ0v) is 12.7. The van der Waals surface area contributed by atoms with Crippen LogP contribution < -0.4 is 5.73 Å². The summed E-state index contributed by atoms with van der Waals surface area (Å²) in [5, 5.41) is 0. The van der Waals surface area contributed by atoms with Gasteiger partial charge in [-0.25, -0.2) is 12.8 Å². The minimum absolute atomic E-state index is 0.299. The van der Waals surface area contributed by atoms with E-state index in [2.05, 4.69) is 6.92 Å². The molecule has 2 N–H and O–H groups in total. The normalized spacial score (nSPS) is 18.4.